The zero-order valence-electron chi connectivity index (χ0n) is 22.3. The molecule has 0 saturated carbocycles. The Bertz CT molecular complexity index is 321. The Balaban J connectivity index is 0. The lowest BCUT2D eigenvalue weighted by atomic mass is 9.77. The van der Waals surface area contributed by atoms with Crippen molar-refractivity contribution in [2.45, 2.75) is 181 Å². The van der Waals surface area contributed by atoms with Crippen LogP contribution in [0.25, 0.3) is 0 Å². The molecular weight excluding hydrogens is 415 g/mol. The van der Waals surface area contributed by atoms with Crippen LogP contribution in [0.15, 0.2) is 0 Å². The SMILES string of the molecule is CCCCCCCCCCCCC(CCCCC)C(P)(CCCCC)CCCCC.Cl. The molecule has 0 N–H and O–H groups in total. The Kier molecular flexibility index (Phi) is 27.7. The molecule has 0 aromatic carbocycles. The molecule has 2 atom stereocenters. The first kappa shape index (κ1) is 33.9. The summed E-state index contributed by atoms with van der Waals surface area (Å²) in [6.45, 7) is 9.37. The summed E-state index contributed by atoms with van der Waals surface area (Å²) in [5.41, 5.74) is 0. The van der Waals surface area contributed by atoms with Crippen molar-refractivity contribution < 1.29 is 0 Å². The molecule has 0 spiro atoms. The summed E-state index contributed by atoms with van der Waals surface area (Å²) < 4.78 is 0. The van der Waals surface area contributed by atoms with Crippen molar-refractivity contribution in [1.82, 2.24) is 0 Å². The quantitative estimate of drug-likeness (QED) is 0.0958. The van der Waals surface area contributed by atoms with Gasteiger partial charge in [0.15, 0.2) is 0 Å². The number of hydrogen-bond acceptors (Lipinski definition) is 0. The molecule has 0 saturated heterocycles. The molecule has 0 heterocycles. The molecule has 31 heavy (non-hydrogen) atoms. The average molecular weight is 477 g/mol. The lowest BCUT2D eigenvalue weighted by molar-refractivity contribution is 0.271. The van der Waals surface area contributed by atoms with Gasteiger partial charge in [0.05, 0.1) is 0 Å². The predicted octanol–water partition coefficient (Wildman–Crippen LogP) is 11.7. The molecule has 0 radical (unpaired) electrons. The summed E-state index contributed by atoms with van der Waals surface area (Å²) in [4.78, 5) is 0. The van der Waals surface area contributed by atoms with E-state index in [-0.39, 0.29) is 12.4 Å². The smallest absolute Gasteiger partial charge is 0.0122 e. The molecule has 0 aromatic heterocycles. The van der Waals surface area contributed by atoms with Crippen molar-refractivity contribution in [2.24, 2.45) is 5.92 Å². The van der Waals surface area contributed by atoms with Crippen LogP contribution in [0.4, 0.5) is 0 Å². The molecule has 0 fully saturated rings. The van der Waals surface area contributed by atoms with Crippen LogP contribution in [0.3, 0.4) is 0 Å². The molecule has 190 valence electrons. The van der Waals surface area contributed by atoms with Gasteiger partial charge in [0.2, 0.25) is 0 Å². The number of hydrogen-bond donors (Lipinski definition) is 0. The van der Waals surface area contributed by atoms with Gasteiger partial charge in [-0.3, -0.25) is 0 Å². The Labute approximate surface area is 207 Å². The van der Waals surface area contributed by atoms with Crippen molar-refractivity contribution >= 4 is 21.6 Å². The first-order valence-electron chi connectivity index (χ1n) is 14.4. The van der Waals surface area contributed by atoms with Gasteiger partial charge in [-0.1, -0.05) is 150 Å². The van der Waals surface area contributed by atoms with E-state index in [1.165, 1.54) is 148 Å². The molecule has 0 aromatic rings. The largest absolute Gasteiger partial charge is 0.147 e. The van der Waals surface area contributed by atoms with Crippen LogP contribution < -0.4 is 0 Å². The highest BCUT2D eigenvalue weighted by Gasteiger charge is 2.32. The van der Waals surface area contributed by atoms with E-state index >= 15 is 0 Å². The fraction of sp³-hybridized carbons (Fsp3) is 1.00. The van der Waals surface area contributed by atoms with Crippen LogP contribution in [0.1, 0.15) is 175 Å². The van der Waals surface area contributed by atoms with Crippen LogP contribution >= 0.6 is 21.6 Å². The lowest BCUT2D eigenvalue weighted by Crippen LogP contribution is -2.32. The lowest BCUT2D eigenvalue weighted by Gasteiger charge is -2.39. The molecule has 0 nitrogen and oxygen atoms in total. The highest BCUT2D eigenvalue weighted by atomic mass is 35.5. The number of halogens is 1. The Morgan fingerprint density at radius 2 is 0.742 bits per heavy atom. The van der Waals surface area contributed by atoms with Crippen molar-refractivity contribution in [3.05, 3.63) is 0 Å². The van der Waals surface area contributed by atoms with Gasteiger partial charge in [-0.15, -0.1) is 21.6 Å². The maximum Gasteiger partial charge on any atom is -0.0122 e. The summed E-state index contributed by atoms with van der Waals surface area (Å²) in [5, 5.41) is 0.525. The molecule has 0 amide bonds. The van der Waals surface area contributed by atoms with Crippen molar-refractivity contribution in [2.75, 3.05) is 0 Å². The number of rotatable bonds is 24. The maximum absolute atomic E-state index is 3.44. The van der Waals surface area contributed by atoms with Crippen molar-refractivity contribution in [3.8, 4) is 0 Å². The van der Waals surface area contributed by atoms with E-state index < -0.39 is 0 Å². The fourth-order valence-corrected chi connectivity index (χ4v) is 5.92. The molecule has 0 aliphatic rings. The van der Waals surface area contributed by atoms with Crippen LogP contribution in [0.5, 0.6) is 0 Å². The first-order valence-corrected chi connectivity index (χ1v) is 15.0. The third-order valence-corrected chi connectivity index (χ3v) is 8.42. The molecule has 0 rings (SSSR count). The molecule has 0 bridgehead atoms. The Morgan fingerprint density at radius 3 is 1.16 bits per heavy atom. The fourth-order valence-electron chi connectivity index (χ4n) is 5.18. The van der Waals surface area contributed by atoms with Crippen LogP contribution in [0.2, 0.25) is 0 Å². The van der Waals surface area contributed by atoms with E-state index in [1.807, 2.05) is 0 Å². The van der Waals surface area contributed by atoms with E-state index in [0.29, 0.717) is 5.16 Å². The highest BCUT2D eigenvalue weighted by Crippen LogP contribution is 2.43. The number of unbranched alkanes of at least 4 members (excludes halogenated alkanes) is 15. The van der Waals surface area contributed by atoms with E-state index in [9.17, 15) is 0 Å². The van der Waals surface area contributed by atoms with E-state index in [2.05, 4.69) is 36.9 Å². The van der Waals surface area contributed by atoms with Gasteiger partial charge in [0.1, 0.15) is 0 Å². The molecule has 0 aliphatic carbocycles. The standard InChI is InChI=1S/C29H61P.ClH/c1-5-9-13-14-15-16-17-18-19-21-25-28(24-20-10-6-2)29(30,26-22-11-7-3)27-23-12-8-4;/h28H,5-27,30H2,1-4H3;1H. The summed E-state index contributed by atoms with van der Waals surface area (Å²) in [6, 6.07) is 0. The predicted molar refractivity (Wildman–Crippen MR) is 152 cm³/mol. The topological polar surface area (TPSA) is 0 Å². The molecule has 2 unspecified atom stereocenters. The van der Waals surface area contributed by atoms with E-state index in [1.54, 1.807) is 0 Å². The summed E-state index contributed by atoms with van der Waals surface area (Å²) in [7, 11) is 3.44. The second-order valence-electron chi connectivity index (χ2n) is 10.3. The van der Waals surface area contributed by atoms with Gasteiger partial charge in [0.25, 0.3) is 0 Å². The Morgan fingerprint density at radius 1 is 0.452 bits per heavy atom. The van der Waals surface area contributed by atoms with Gasteiger partial charge in [-0.05, 0) is 36.8 Å². The Hall–Kier alpha value is 0.720. The third kappa shape index (κ3) is 19.9. The third-order valence-electron chi connectivity index (χ3n) is 7.37. The van der Waals surface area contributed by atoms with Crippen molar-refractivity contribution in [1.29, 1.82) is 0 Å². The van der Waals surface area contributed by atoms with Crippen LogP contribution in [-0.4, -0.2) is 5.16 Å². The first-order chi connectivity index (χ1) is 14.6. The minimum atomic E-state index is 0. The minimum Gasteiger partial charge on any atom is -0.147 e. The van der Waals surface area contributed by atoms with Crippen LogP contribution in [-0.2, 0) is 0 Å². The normalized spacial score (nSPS) is 12.7. The van der Waals surface area contributed by atoms with Gasteiger partial charge in [0, 0.05) is 0 Å². The zero-order valence-corrected chi connectivity index (χ0v) is 24.3. The van der Waals surface area contributed by atoms with Crippen LogP contribution in [0, 0.1) is 5.92 Å². The maximum atomic E-state index is 3.44. The van der Waals surface area contributed by atoms with Gasteiger partial charge in [-0.2, -0.15) is 0 Å². The second kappa shape index (κ2) is 25.3. The minimum absolute atomic E-state index is 0. The van der Waals surface area contributed by atoms with Gasteiger partial charge in [-0.25, -0.2) is 0 Å². The van der Waals surface area contributed by atoms with E-state index in [0.717, 1.165) is 5.92 Å². The summed E-state index contributed by atoms with van der Waals surface area (Å²) >= 11 is 0. The van der Waals surface area contributed by atoms with Gasteiger partial charge < -0.3 is 0 Å². The zero-order chi connectivity index (χ0) is 22.3. The molecular formula is C29H62ClP. The van der Waals surface area contributed by atoms with E-state index in [4.69, 9.17) is 0 Å². The average Bonchev–Trinajstić information content (AvgIpc) is 2.74. The highest BCUT2D eigenvalue weighted by molar-refractivity contribution is 7.19. The molecule has 2 heteroatoms. The van der Waals surface area contributed by atoms with Gasteiger partial charge >= 0.3 is 0 Å². The van der Waals surface area contributed by atoms with Crippen molar-refractivity contribution in [3.63, 3.8) is 0 Å². The summed E-state index contributed by atoms with van der Waals surface area (Å²) in [5.74, 6) is 0.941. The monoisotopic (exact) mass is 476 g/mol. The summed E-state index contributed by atoms with van der Waals surface area (Å²) in [6.07, 6.45) is 33.1. The molecule has 0 aliphatic heterocycles. The second-order valence-corrected chi connectivity index (χ2v) is 11.5.